The number of nitrogen functional groups attached to an aromatic ring is 1. The van der Waals surface area contributed by atoms with Crippen molar-refractivity contribution >= 4 is 22.9 Å². The zero-order valence-electron chi connectivity index (χ0n) is 12.6. The number of likely N-dealkylation sites (N-methyl/N-ethyl adjacent to an activating group) is 1. The molecular weight excluding hydrogens is 284 g/mol. The number of ether oxygens (including phenoxy) is 1. The third-order valence-corrected chi connectivity index (χ3v) is 4.05. The summed E-state index contributed by atoms with van der Waals surface area (Å²) in [5, 5.41) is 1.82. The Bertz CT molecular complexity index is 617. The largest absolute Gasteiger partial charge is 0.492 e. The molecule has 2 N–H and O–H groups in total. The second-order valence-electron chi connectivity index (χ2n) is 5.10. The van der Waals surface area contributed by atoms with E-state index in [0.717, 1.165) is 5.75 Å². The molecule has 0 unspecified atom stereocenters. The molecule has 0 atom stereocenters. The summed E-state index contributed by atoms with van der Waals surface area (Å²) >= 11 is 1.36. The molecule has 1 aromatic heterocycles. The van der Waals surface area contributed by atoms with Gasteiger partial charge in [-0.1, -0.05) is 6.07 Å². The SMILES string of the molecule is Cc1cc(C)cc(OCCN(C)C(=O)c2sccc2N)c1. The summed E-state index contributed by atoms with van der Waals surface area (Å²) in [5.41, 5.74) is 8.63. The third-order valence-electron chi connectivity index (χ3n) is 3.13. The second-order valence-corrected chi connectivity index (χ2v) is 6.02. The Balaban J connectivity index is 1.88. The Morgan fingerprint density at radius 3 is 2.52 bits per heavy atom. The van der Waals surface area contributed by atoms with Crippen LogP contribution in [0.3, 0.4) is 0 Å². The molecule has 0 saturated carbocycles. The average molecular weight is 304 g/mol. The highest BCUT2D eigenvalue weighted by atomic mass is 32.1. The molecule has 112 valence electrons. The number of amides is 1. The van der Waals surface area contributed by atoms with E-state index in [1.165, 1.54) is 22.5 Å². The molecule has 0 aliphatic rings. The Labute approximate surface area is 129 Å². The van der Waals surface area contributed by atoms with E-state index in [2.05, 4.69) is 6.07 Å². The van der Waals surface area contributed by atoms with Crippen molar-refractivity contribution in [1.82, 2.24) is 4.90 Å². The van der Waals surface area contributed by atoms with Crippen molar-refractivity contribution in [2.75, 3.05) is 25.9 Å². The van der Waals surface area contributed by atoms with Gasteiger partial charge >= 0.3 is 0 Å². The smallest absolute Gasteiger partial charge is 0.265 e. The molecule has 0 aliphatic heterocycles. The van der Waals surface area contributed by atoms with Crippen molar-refractivity contribution in [3.63, 3.8) is 0 Å². The molecule has 0 spiro atoms. The lowest BCUT2D eigenvalue weighted by Crippen LogP contribution is -2.30. The van der Waals surface area contributed by atoms with Gasteiger partial charge in [0.15, 0.2) is 0 Å². The van der Waals surface area contributed by atoms with Gasteiger partial charge in [-0.25, -0.2) is 0 Å². The Morgan fingerprint density at radius 1 is 1.29 bits per heavy atom. The van der Waals surface area contributed by atoms with E-state index in [-0.39, 0.29) is 5.91 Å². The molecule has 5 heteroatoms. The van der Waals surface area contributed by atoms with E-state index < -0.39 is 0 Å². The van der Waals surface area contributed by atoms with Crippen LogP contribution in [0.4, 0.5) is 5.69 Å². The molecule has 21 heavy (non-hydrogen) atoms. The summed E-state index contributed by atoms with van der Waals surface area (Å²) < 4.78 is 5.71. The van der Waals surface area contributed by atoms with Crippen LogP contribution in [0.1, 0.15) is 20.8 Å². The molecule has 2 aromatic rings. The summed E-state index contributed by atoms with van der Waals surface area (Å²) in [5.74, 6) is 0.774. The predicted octanol–water partition coefficient (Wildman–Crippen LogP) is 3.10. The summed E-state index contributed by atoms with van der Waals surface area (Å²) in [6, 6.07) is 7.83. The number of hydrogen-bond acceptors (Lipinski definition) is 4. The molecule has 0 saturated heterocycles. The highest BCUT2D eigenvalue weighted by Gasteiger charge is 2.15. The van der Waals surface area contributed by atoms with Crippen molar-refractivity contribution in [2.45, 2.75) is 13.8 Å². The topological polar surface area (TPSA) is 55.6 Å². The van der Waals surface area contributed by atoms with Crippen LogP contribution >= 0.6 is 11.3 Å². The number of rotatable bonds is 5. The number of carbonyl (C=O) groups is 1. The van der Waals surface area contributed by atoms with Crippen LogP contribution < -0.4 is 10.5 Å². The van der Waals surface area contributed by atoms with Crippen molar-refractivity contribution in [1.29, 1.82) is 0 Å². The van der Waals surface area contributed by atoms with Gasteiger partial charge in [-0.3, -0.25) is 4.79 Å². The molecule has 1 amide bonds. The zero-order chi connectivity index (χ0) is 15.4. The monoisotopic (exact) mass is 304 g/mol. The molecule has 0 radical (unpaired) electrons. The van der Waals surface area contributed by atoms with E-state index in [9.17, 15) is 4.79 Å². The molecule has 1 aromatic carbocycles. The number of aryl methyl sites for hydroxylation is 2. The van der Waals surface area contributed by atoms with E-state index in [1.807, 2.05) is 31.4 Å². The molecular formula is C16H20N2O2S. The maximum Gasteiger partial charge on any atom is 0.265 e. The van der Waals surface area contributed by atoms with Crippen LogP contribution in [0.15, 0.2) is 29.6 Å². The first-order valence-corrected chi connectivity index (χ1v) is 7.65. The zero-order valence-corrected chi connectivity index (χ0v) is 13.4. The minimum Gasteiger partial charge on any atom is -0.492 e. The maximum absolute atomic E-state index is 12.2. The van der Waals surface area contributed by atoms with E-state index in [1.54, 1.807) is 18.0 Å². The van der Waals surface area contributed by atoms with Gasteiger partial charge in [0.05, 0.1) is 12.2 Å². The van der Waals surface area contributed by atoms with Crippen molar-refractivity contribution in [3.05, 3.63) is 45.6 Å². The van der Waals surface area contributed by atoms with Crippen LogP contribution in [-0.4, -0.2) is 31.0 Å². The number of benzene rings is 1. The number of nitrogens with zero attached hydrogens (tertiary/aromatic N) is 1. The van der Waals surface area contributed by atoms with Gasteiger partial charge in [0.2, 0.25) is 0 Å². The molecule has 0 fully saturated rings. The summed E-state index contributed by atoms with van der Waals surface area (Å²) in [6.07, 6.45) is 0. The summed E-state index contributed by atoms with van der Waals surface area (Å²) in [7, 11) is 1.76. The minimum atomic E-state index is -0.0634. The van der Waals surface area contributed by atoms with Gasteiger partial charge in [-0.2, -0.15) is 0 Å². The van der Waals surface area contributed by atoms with Gasteiger partial charge < -0.3 is 15.4 Å². The normalized spacial score (nSPS) is 10.4. The highest BCUT2D eigenvalue weighted by Crippen LogP contribution is 2.20. The van der Waals surface area contributed by atoms with Crippen LogP contribution in [0.5, 0.6) is 5.75 Å². The lowest BCUT2D eigenvalue weighted by Gasteiger charge is -2.17. The van der Waals surface area contributed by atoms with Crippen LogP contribution in [0, 0.1) is 13.8 Å². The first kappa shape index (κ1) is 15.4. The van der Waals surface area contributed by atoms with Gasteiger partial charge in [0, 0.05) is 7.05 Å². The number of carbonyl (C=O) groups excluding carboxylic acids is 1. The summed E-state index contributed by atoms with van der Waals surface area (Å²) in [6.45, 7) is 5.05. The van der Waals surface area contributed by atoms with Crippen molar-refractivity contribution < 1.29 is 9.53 Å². The lowest BCUT2D eigenvalue weighted by atomic mass is 10.1. The quantitative estimate of drug-likeness (QED) is 0.923. The van der Waals surface area contributed by atoms with Crippen molar-refractivity contribution in [2.24, 2.45) is 0 Å². The van der Waals surface area contributed by atoms with Gasteiger partial charge in [0.25, 0.3) is 5.91 Å². The lowest BCUT2D eigenvalue weighted by molar-refractivity contribution is 0.0779. The van der Waals surface area contributed by atoms with E-state index in [4.69, 9.17) is 10.5 Å². The minimum absolute atomic E-state index is 0.0634. The Morgan fingerprint density at radius 2 is 1.95 bits per heavy atom. The standard InChI is InChI=1S/C16H20N2O2S/c1-11-8-12(2)10-13(9-11)20-6-5-18(3)16(19)15-14(17)4-7-21-15/h4,7-10H,5-6,17H2,1-3H3. The third kappa shape index (κ3) is 3.98. The Kier molecular flexibility index (Phi) is 4.85. The van der Waals surface area contributed by atoms with E-state index >= 15 is 0 Å². The van der Waals surface area contributed by atoms with Gasteiger partial charge in [0.1, 0.15) is 17.2 Å². The Hall–Kier alpha value is -2.01. The van der Waals surface area contributed by atoms with Crippen LogP contribution in [-0.2, 0) is 0 Å². The van der Waals surface area contributed by atoms with Crippen molar-refractivity contribution in [3.8, 4) is 5.75 Å². The fourth-order valence-corrected chi connectivity index (χ4v) is 2.90. The fraction of sp³-hybridized carbons (Fsp3) is 0.312. The molecule has 0 bridgehead atoms. The van der Waals surface area contributed by atoms with Crippen LogP contribution in [0.2, 0.25) is 0 Å². The fourth-order valence-electron chi connectivity index (χ4n) is 2.08. The second kappa shape index (κ2) is 6.63. The number of nitrogens with two attached hydrogens (primary N) is 1. The first-order chi connectivity index (χ1) is 9.97. The van der Waals surface area contributed by atoms with Gasteiger partial charge in [-0.15, -0.1) is 11.3 Å². The number of thiophene rings is 1. The molecule has 4 nitrogen and oxygen atoms in total. The van der Waals surface area contributed by atoms with Crippen LogP contribution in [0.25, 0.3) is 0 Å². The predicted molar refractivity (Wildman–Crippen MR) is 87.1 cm³/mol. The molecule has 2 rings (SSSR count). The number of anilines is 1. The first-order valence-electron chi connectivity index (χ1n) is 6.77. The maximum atomic E-state index is 12.2. The average Bonchev–Trinajstić information content (AvgIpc) is 2.83. The molecule has 0 aliphatic carbocycles. The highest BCUT2D eigenvalue weighted by molar-refractivity contribution is 7.12. The molecule has 1 heterocycles. The summed E-state index contributed by atoms with van der Waals surface area (Å²) in [4.78, 5) is 14.4. The van der Waals surface area contributed by atoms with E-state index in [0.29, 0.717) is 23.7 Å². The number of hydrogen-bond donors (Lipinski definition) is 1. The van der Waals surface area contributed by atoms with Gasteiger partial charge in [-0.05, 0) is 48.6 Å².